The van der Waals surface area contributed by atoms with Crippen molar-refractivity contribution in [3.8, 4) is 0 Å². The molecule has 2 unspecified atom stereocenters. The van der Waals surface area contributed by atoms with E-state index >= 15 is 0 Å². The number of anilines is 1. The van der Waals surface area contributed by atoms with Gasteiger partial charge in [-0.25, -0.2) is 14.8 Å². The Kier molecular flexibility index (Phi) is 15.8. The van der Waals surface area contributed by atoms with Gasteiger partial charge in [0.1, 0.15) is 17.6 Å². The zero-order chi connectivity index (χ0) is 55.8. The van der Waals surface area contributed by atoms with Crippen LogP contribution in [0.1, 0.15) is 118 Å². The number of rotatable bonds is 23. The quantitative estimate of drug-likeness (QED) is 0.0226. The summed E-state index contributed by atoms with van der Waals surface area (Å²) in [7, 11) is -4.66. The number of fused-ring (bicyclic) bond motifs is 2. The van der Waals surface area contributed by atoms with Crippen LogP contribution in [-0.4, -0.2) is 127 Å². The maximum Gasteiger partial charge on any atom is 0.355 e. The summed E-state index contributed by atoms with van der Waals surface area (Å²) in [5, 5.41) is 24.1. The van der Waals surface area contributed by atoms with Crippen LogP contribution in [0.4, 0.5) is 5.13 Å². The van der Waals surface area contributed by atoms with Crippen molar-refractivity contribution < 1.29 is 51.6 Å². The maximum absolute atomic E-state index is 13.8. The number of para-hydroxylation sites is 1. The molecule has 6 aliphatic rings. The van der Waals surface area contributed by atoms with Gasteiger partial charge in [-0.1, -0.05) is 62.4 Å². The molecule has 4 saturated carbocycles. The summed E-state index contributed by atoms with van der Waals surface area (Å²) in [5.41, 5.74) is 3.55. The number of carboxylic acid groups (broad SMARTS) is 1. The third-order valence-corrected chi connectivity index (χ3v) is 17.6. The average Bonchev–Trinajstić information content (AvgIpc) is 3.84. The average molecular weight is 1110 g/mol. The van der Waals surface area contributed by atoms with Crippen molar-refractivity contribution in [2.45, 2.75) is 123 Å². The fourth-order valence-electron chi connectivity index (χ4n) is 13.9. The lowest BCUT2D eigenvalue weighted by atomic mass is 9.39. The van der Waals surface area contributed by atoms with Gasteiger partial charge >= 0.3 is 5.97 Å². The number of aliphatic imine (C=N–C) groups is 1. The molecule has 3 atom stereocenters. The second-order valence-corrected chi connectivity index (χ2v) is 25.1. The minimum absolute atomic E-state index is 0.0167. The molecule has 0 radical (unpaired) electrons. The minimum Gasteiger partial charge on any atom is -0.476 e. The second-order valence-electron chi connectivity index (χ2n) is 22.6. The van der Waals surface area contributed by atoms with E-state index in [4.69, 9.17) is 14.8 Å². The Labute approximate surface area is 457 Å². The first kappa shape index (κ1) is 55.9. The van der Waals surface area contributed by atoms with E-state index in [2.05, 4.69) is 41.4 Å². The number of amides is 5. The number of hydrogen-bond acceptors (Lipinski definition) is 14. The van der Waals surface area contributed by atoms with E-state index in [1.165, 1.54) is 23.5 Å². The van der Waals surface area contributed by atoms with E-state index in [-0.39, 0.29) is 59.6 Å². The molecule has 5 N–H and O–H groups in total. The first-order valence-corrected chi connectivity index (χ1v) is 28.8. The summed E-state index contributed by atoms with van der Waals surface area (Å²) in [4.78, 5) is 89.0. The highest BCUT2D eigenvalue weighted by Crippen LogP contribution is 2.72. The normalized spacial score (nSPS) is 24.2. The summed E-state index contributed by atoms with van der Waals surface area (Å²) in [5.74, 6) is -4.27. The predicted molar refractivity (Wildman–Crippen MR) is 294 cm³/mol. The lowest BCUT2D eigenvalue weighted by Crippen LogP contribution is -2.64. The Hall–Kier alpha value is -6.88. The zero-order valence-corrected chi connectivity index (χ0v) is 46.1. The van der Waals surface area contributed by atoms with Crippen molar-refractivity contribution >= 4 is 83.6 Å². The lowest BCUT2D eigenvalue weighted by molar-refractivity contribution is -0.247. The van der Waals surface area contributed by atoms with Gasteiger partial charge in [0.25, 0.3) is 27.8 Å². The molecule has 4 heterocycles. The number of nitrogens with zero attached hydrogens (tertiary/aromatic N) is 6. The molecule has 0 spiro atoms. The van der Waals surface area contributed by atoms with Crippen molar-refractivity contribution in [3.05, 3.63) is 107 Å². The van der Waals surface area contributed by atoms with Gasteiger partial charge in [-0.3, -0.25) is 43.4 Å². The fraction of sp³-hybridized carbons (Fsp3) is 0.482. The first-order chi connectivity index (χ1) is 37.0. The van der Waals surface area contributed by atoms with Crippen LogP contribution in [0.2, 0.25) is 0 Å². The molecule has 2 aromatic heterocycles. The van der Waals surface area contributed by atoms with Crippen LogP contribution in [0.5, 0.6) is 0 Å². The molecule has 20 nitrogen and oxygen atoms in total. The summed E-state index contributed by atoms with van der Waals surface area (Å²) >= 11 is 1.40. The van der Waals surface area contributed by atoms with E-state index in [0.29, 0.717) is 73.8 Å². The third kappa shape index (κ3) is 12.4. The van der Waals surface area contributed by atoms with E-state index in [0.717, 1.165) is 64.0 Å². The molecule has 4 aliphatic carbocycles. The molecular weight excluding hydrogens is 1040 g/mol. The van der Waals surface area contributed by atoms with Gasteiger partial charge in [0.2, 0.25) is 11.8 Å². The molecular formula is C56H67N9O11S2. The number of imide groups is 1. The van der Waals surface area contributed by atoms with Gasteiger partial charge in [-0.15, -0.1) is 0 Å². The topological polar surface area (TPSA) is 272 Å². The molecule has 10 rings (SSSR count). The number of aromatic nitrogens is 3. The number of unbranched alkanes of at least 4 members (excludes halogenated alkanes) is 2. The summed E-state index contributed by atoms with van der Waals surface area (Å²) in [6.45, 7) is 14.3. The number of benzene rings is 2. The number of hydrogen-bond donors (Lipinski definition) is 5. The molecule has 2 aromatic carbocycles. The Morgan fingerprint density at radius 2 is 1.69 bits per heavy atom. The maximum atomic E-state index is 13.8. The number of carboxylic acids is 1. The summed E-state index contributed by atoms with van der Waals surface area (Å²) in [6.07, 6.45) is 12.9. The molecule has 22 heteroatoms. The van der Waals surface area contributed by atoms with Gasteiger partial charge in [-0.2, -0.15) is 13.5 Å². The molecule has 4 aromatic rings. The van der Waals surface area contributed by atoms with Crippen molar-refractivity contribution in [1.29, 1.82) is 0 Å². The Balaban J connectivity index is 0.826. The third-order valence-electron chi connectivity index (χ3n) is 15.9. The van der Waals surface area contributed by atoms with Crippen LogP contribution < -0.4 is 16.0 Å². The van der Waals surface area contributed by atoms with Crippen LogP contribution in [0.15, 0.2) is 84.3 Å². The lowest BCUT2D eigenvalue weighted by Gasteiger charge is -2.69. The highest BCUT2D eigenvalue weighted by atomic mass is 32.2. The predicted octanol–water partition coefficient (Wildman–Crippen LogP) is 6.62. The van der Waals surface area contributed by atoms with Gasteiger partial charge in [0.15, 0.2) is 10.8 Å². The highest BCUT2D eigenvalue weighted by Gasteiger charge is 2.66. The van der Waals surface area contributed by atoms with Crippen LogP contribution >= 0.6 is 11.3 Å². The summed E-state index contributed by atoms with van der Waals surface area (Å²) in [6, 6.07) is 11.8. The molecule has 4 fully saturated rings. The summed E-state index contributed by atoms with van der Waals surface area (Å²) < 4.78 is 43.2. The SMILES string of the molecule is C=C(C(=N/C(=C\C)N1CCc2cccc(C(=O)Nc3nc4ccccc4s3)c2C1)C(=O)O)c1cnn(CC23CC4(C)CC(C)(C2)CC(OCCNC(=O)[C@H](CS(=O)(=O)O)NC(=O)CCCCCN2C(=O)C=CC2=O)(C4)C3)c1C. The monoisotopic (exact) mass is 1110 g/mol. The number of carbonyl (C=O) groups is 6. The number of nitrogens with one attached hydrogen (secondary N) is 3. The number of aliphatic carboxylic acids is 1. The molecule has 0 saturated heterocycles. The van der Waals surface area contributed by atoms with Crippen molar-refractivity contribution in [3.63, 3.8) is 0 Å². The molecule has 414 valence electrons. The standard InChI is InChI=1S/C56H67N9O11S2/c1-6-44(63-23-20-37-13-12-14-38(40(37)26-63)49(69)62-52-60-41-15-9-10-16-43(41)77-52)61-48(51(71)72)35(2)39-25-58-65(36(39)3)34-55-29-53(4)28-54(5,30-55)32-56(31-53,33-55)76-24-21-57-50(70)42(27-78(73,74)75)59-45(66)17-8-7-11-22-64-46(67)18-19-47(64)68/h6,9-10,12-16,18-19,25,42H,2,7-8,11,17,20-24,26-34H2,1,3-5H3,(H,57,70)(H,59,66)(H,71,72)(H,60,62,69)(H,73,74,75)/b44-6+,61-48?/t42-,53?,54?,55?,56?/m0/s1. The van der Waals surface area contributed by atoms with Crippen molar-refractivity contribution in [2.24, 2.45) is 21.2 Å². The van der Waals surface area contributed by atoms with Crippen LogP contribution in [0.25, 0.3) is 15.8 Å². The van der Waals surface area contributed by atoms with Gasteiger partial charge in [0, 0.05) is 73.7 Å². The Morgan fingerprint density at radius 1 is 0.962 bits per heavy atom. The highest BCUT2D eigenvalue weighted by molar-refractivity contribution is 7.85. The fourth-order valence-corrected chi connectivity index (χ4v) is 15.4. The molecule has 78 heavy (non-hydrogen) atoms. The van der Waals surface area contributed by atoms with E-state index in [9.17, 15) is 46.8 Å². The number of thiazole rings is 1. The number of ether oxygens (including phenoxy) is 1. The molecule has 5 amide bonds. The molecule has 2 aliphatic heterocycles. The van der Waals surface area contributed by atoms with Crippen LogP contribution in [0, 0.1) is 23.2 Å². The smallest absolute Gasteiger partial charge is 0.355 e. The number of carbonyl (C=O) groups excluding carboxylic acids is 5. The van der Waals surface area contributed by atoms with E-state index in [1.54, 1.807) is 25.3 Å². The number of allylic oxidation sites excluding steroid dienone is 1. The van der Waals surface area contributed by atoms with Crippen LogP contribution in [0.3, 0.4) is 0 Å². The van der Waals surface area contributed by atoms with Gasteiger partial charge < -0.3 is 25.4 Å². The minimum atomic E-state index is -4.66. The van der Waals surface area contributed by atoms with E-state index in [1.807, 2.05) is 52.9 Å². The van der Waals surface area contributed by atoms with Crippen molar-refractivity contribution in [1.82, 2.24) is 35.2 Å². The van der Waals surface area contributed by atoms with Crippen LogP contribution in [-0.2, 0) is 58.3 Å². The van der Waals surface area contributed by atoms with Crippen molar-refractivity contribution in [2.75, 3.05) is 37.3 Å². The first-order valence-electron chi connectivity index (χ1n) is 26.4. The Bertz CT molecular complexity index is 3230. The second kappa shape index (κ2) is 22.1. The molecule has 4 bridgehead atoms. The largest absolute Gasteiger partial charge is 0.476 e. The Morgan fingerprint density at radius 3 is 2.38 bits per heavy atom. The van der Waals surface area contributed by atoms with Gasteiger partial charge in [0.05, 0.1) is 28.6 Å². The van der Waals surface area contributed by atoms with E-state index < -0.39 is 57.1 Å². The zero-order valence-electron chi connectivity index (χ0n) is 44.4. The van der Waals surface area contributed by atoms with Gasteiger partial charge in [-0.05, 0) is 123 Å².